The van der Waals surface area contributed by atoms with Gasteiger partial charge in [0.2, 0.25) is 0 Å². The molecule has 3 aromatic rings. The van der Waals surface area contributed by atoms with E-state index in [1.807, 2.05) is 10.7 Å². The van der Waals surface area contributed by atoms with Gasteiger partial charge in [-0.3, -0.25) is 9.59 Å². The number of nitrogens with zero attached hydrogens (tertiary/aromatic N) is 1. The van der Waals surface area contributed by atoms with Crippen molar-refractivity contribution in [2.75, 3.05) is 11.9 Å². The summed E-state index contributed by atoms with van der Waals surface area (Å²) in [6.07, 6.45) is -3.42. The van der Waals surface area contributed by atoms with Gasteiger partial charge in [0.05, 0.1) is 29.1 Å². The molecule has 0 saturated heterocycles. The third-order valence-corrected chi connectivity index (χ3v) is 5.87. The molecule has 0 aromatic heterocycles. The van der Waals surface area contributed by atoms with Crippen LogP contribution in [0.4, 0.5) is 18.9 Å². The fraction of sp³-hybridized carbons (Fsp3) is 0.160. The maximum Gasteiger partial charge on any atom is 0.416 e. The molecule has 13 heteroatoms. The first-order valence-corrected chi connectivity index (χ1v) is 12.0. The molecule has 0 unspecified atom stereocenters. The summed E-state index contributed by atoms with van der Waals surface area (Å²) in [6, 6.07) is 12.3. The zero-order valence-electron chi connectivity index (χ0n) is 19.5. The highest BCUT2D eigenvalue weighted by Gasteiger charge is 2.31. The van der Waals surface area contributed by atoms with Gasteiger partial charge < -0.3 is 14.8 Å². The summed E-state index contributed by atoms with van der Waals surface area (Å²) in [4.78, 5) is 24.2. The van der Waals surface area contributed by atoms with Crippen LogP contribution in [0.15, 0.2) is 59.7 Å². The second-order valence-corrected chi connectivity index (χ2v) is 8.70. The molecular weight excluding hydrogens is 570 g/mol. The number of amides is 2. The van der Waals surface area contributed by atoms with Crippen molar-refractivity contribution >= 4 is 58.5 Å². The Morgan fingerprint density at radius 2 is 1.63 bits per heavy atom. The predicted octanol–water partition coefficient (Wildman–Crippen LogP) is 6.73. The Morgan fingerprint density at radius 3 is 2.29 bits per heavy atom. The van der Waals surface area contributed by atoms with E-state index in [4.69, 9.17) is 44.3 Å². The molecule has 0 atom stereocenters. The van der Waals surface area contributed by atoms with E-state index in [-0.39, 0.29) is 17.3 Å². The highest BCUT2D eigenvalue weighted by molar-refractivity contribution is 6.41. The fourth-order valence-corrected chi connectivity index (χ4v) is 3.68. The number of carbonyl (C=O) groups is 2. The van der Waals surface area contributed by atoms with Gasteiger partial charge in [0.1, 0.15) is 6.61 Å². The Kier molecular flexibility index (Phi) is 9.84. The summed E-state index contributed by atoms with van der Waals surface area (Å²) >= 11 is 18.2. The average Bonchev–Trinajstić information content (AvgIpc) is 2.85. The lowest BCUT2D eigenvalue weighted by molar-refractivity contribution is -0.137. The van der Waals surface area contributed by atoms with Gasteiger partial charge in [-0.15, -0.1) is 0 Å². The van der Waals surface area contributed by atoms with E-state index in [2.05, 4.69) is 5.10 Å². The Morgan fingerprint density at radius 1 is 0.921 bits per heavy atom. The van der Waals surface area contributed by atoms with Crippen molar-refractivity contribution in [1.29, 1.82) is 0 Å². The van der Waals surface area contributed by atoms with E-state index in [0.29, 0.717) is 45.3 Å². The molecule has 0 heterocycles. The number of hydrazone groups is 1. The minimum Gasteiger partial charge on any atom is -0.490 e. The summed E-state index contributed by atoms with van der Waals surface area (Å²) in [5.41, 5.74) is 1.67. The lowest BCUT2D eigenvalue weighted by Crippen LogP contribution is -2.32. The molecule has 0 saturated carbocycles. The number of hydrogen-bond acceptors (Lipinski definition) is 5. The van der Waals surface area contributed by atoms with Gasteiger partial charge in [0.15, 0.2) is 11.5 Å². The number of hydrogen-bond donors (Lipinski definition) is 2. The molecule has 0 fully saturated rings. The maximum atomic E-state index is 12.9. The zero-order valence-corrected chi connectivity index (χ0v) is 21.8. The van der Waals surface area contributed by atoms with Crippen LogP contribution in [0, 0.1) is 0 Å². The Balaban J connectivity index is 1.64. The smallest absolute Gasteiger partial charge is 0.416 e. The van der Waals surface area contributed by atoms with Gasteiger partial charge in [0, 0.05) is 15.6 Å². The molecule has 0 aliphatic rings. The van der Waals surface area contributed by atoms with Gasteiger partial charge in [0.25, 0.3) is 0 Å². The third kappa shape index (κ3) is 7.77. The van der Waals surface area contributed by atoms with Crippen LogP contribution in [0.5, 0.6) is 11.5 Å². The van der Waals surface area contributed by atoms with Crippen LogP contribution in [-0.2, 0) is 22.4 Å². The largest absolute Gasteiger partial charge is 0.490 e. The first-order chi connectivity index (χ1) is 18.0. The molecule has 0 radical (unpaired) electrons. The molecule has 0 aliphatic carbocycles. The summed E-state index contributed by atoms with van der Waals surface area (Å²) in [7, 11) is 0. The van der Waals surface area contributed by atoms with Gasteiger partial charge in [-0.05, 0) is 61.0 Å². The number of nitrogens with one attached hydrogen (secondary N) is 2. The van der Waals surface area contributed by atoms with Gasteiger partial charge in [-0.1, -0.05) is 40.9 Å². The van der Waals surface area contributed by atoms with E-state index in [1.54, 1.807) is 43.3 Å². The van der Waals surface area contributed by atoms with E-state index in [1.165, 1.54) is 6.21 Å². The molecule has 0 bridgehead atoms. The van der Waals surface area contributed by atoms with Gasteiger partial charge in [-0.25, -0.2) is 5.43 Å². The topological polar surface area (TPSA) is 89.0 Å². The number of anilines is 1. The van der Waals surface area contributed by atoms with Crippen molar-refractivity contribution in [2.24, 2.45) is 5.10 Å². The predicted molar refractivity (Wildman–Crippen MR) is 139 cm³/mol. The van der Waals surface area contributed by atoms with E-state index < -0.39 is 23.6 Å². The highest BCUT2D eigenvalue weighted by Crippen LogP contribution is 2.34. The summed E-state index contributed by atoms with van der Waals surface area (Å²) in [5.74, 6) is -1.71. The van der Waals surface area contributed by atoms with Crippen molar-refractivity contribution in [1.82, 2.24) is 5.43 Å². The maximum absolute atomic E-state index is 12.9. The highest BCUT2D eigenvalue weighted by atomic mass is 35.5. The normalized spacial score (nSPS) is 11.3. The summed E-state index contributed by atoms with van der Waals surface area (Å²) in [6.45, 7) is 2.21. The van der Waals surface area contributed by atoms with Gasteiger partial charge >= 0.3 is 18.0 Å². The molecule has 7 nitrogen and oxygen atoms in total. The molecule has 0 aliphatic heterocycles. The fourth-order valence-electron chi connectivity index (χ4n) is 3.01. The van der Waals surface area contributed by atoms with Crippen LogP contribution in [0.1, 0.15) is 23.6 Å². The Hall–Kier alpha value is -3.47. The lowest BCUT2D eigenvalue weighted by Gasteiger charge is -2.14. The monoisotopic (exact) mass is 587 g/mol. The van der Waals surface area contributed by atoms with Crippen molar-refractivity contribution in [3.05, 3.63) is 86.4 Å². The van der Waals surface area contributed by atoms with E-state index in [0.717, 1.165) is 12.1 Å². The van der Waals surface area contributed by atoms with Crippen molar-refractivity contribution < 1.29 is 32.2 Å². The summed E-state index contributed by atoms with van der Waals surface area (Å²) in [5, 5.41) is 6.46. The molecular formula is C25H19Cl3F3N3O4. The van der Waals surface area contributed by atoms with E-state index >= 15 is 0 Å². The second-order valence-electron chi connectivity index (χ2n) is 7.47. The standard InChI is InChI=1S/C25H19Cl3F3N3O4/c1-2-37-22-10-14(6-9-21(22)38-13-16-17(26)4-3-5-18(16)27)12-32-34-24(36)23(35)33-20-11-15(25(29,30)31)7-8-19(20)28/h3-12H,2,13H2,1H3,(H,33,35)(H,34,36)/b32-12+. The number of halogens is 6. The number of alkyl halides is 3. The van der Waals surface area contributed by atoms with Crippen LogP contribution >= 0.6 is 34.8 Å². The molecule has 0 spiro atoms. The Labute approximate surface area is 230 Å². The molecule has 200 valence electrons. The minimum atomic E-state index is -4.65. The molecule has 2 amide bonds. The molecule has 3 rings (SSSR count). The minimum absolute atomic E-state index is 0.0904. The number of carbonyl (C=O) groups excluding carboxylic acids is 2. The van der Waals surface area contributed by atoms with Crippen LogP contribution in [0.25, 0.3) is 0 Å². The number of benzene rings is 3. The number of rotatable bonds is 8. The van der Waals surface area contributed by atoms with Crippen LogP contribution < -0.4 is 20.2 Å². The SMILES string of the molecule is CCOc1cc(/C=N/NC(=O)C(=O)Nc2cc(C(F)(F)F)ccc2Cl)ccc1OCc1c(Cl)cccc1Cl. The lowest BCUT2D eigenvalue weighted by atomic mass is 10.2. The first-order valence-electron chi connectivity index (χ1n) is 10.8. The van der Waals surface area contributed by atoms with Crippen molar-refractivity contribution in [2.45, 2.75) is 19.7 Å². The van der Waals surface area contributed by atoms with Gasteiger partial charge in [-0.2, -0.15) is 18.3 Å². The quantitative estimate of drug-likeness (QED) is 0.173. The molecule has 38 heavy (non-hydrogen) atoms. The van der Waals surface area contributed by atoms with E-state index in [9.17, 15) is 22.8 Å². The molecule has 3 aromatic carbocycles. The summed E-state index contributed by atoms with van der Waals surface area (Å²) < 4.78 is 50.1. The van der Waals surface area contributed by atoms with Crippen LogP contribution in [0.3, 0.4) is 0 Å². The average molecular weight is 589 g/mol. The van der Waals surface area contributed by atoms with Crippen LogP contribution in [0.2, 0.25) is 15.1 Å². The molecule has 2 N–H and O–H groups in total. The van der Waals surface area contributed by atoms with Crippen LogP contribution in [-0.4, -0.2) is 24.6 Å². The Bertz CT molecular complexity index is 1350. The third-order valence-electron chi connectivity index (χ3n) is 4.83. The van der Waals surface area contributed by atoms with Crippen molar-refractivity contribution in [3.63, 3.8) is 0 Å². The second kappa shape index (κ2) is 12.9. The van der Waals surface area contributed by atoms with Crippen molar-refractivity contribution in [3.8, 4) is 11.5 Å². The zero-order chi connectivity index (χ0) is 27.9. The first kappa shape index (κ1) is 29.1. The number of ether oxygens (including phenoxy) is 2.